The van der Waals surface area contributed by atoms with Gasteiger partial charge in [0.25, 0.3) is 0 Å². The Labute approximate surface area is 182 Å². The van der Waals surface area contributed by atoms with Gasteiger partial charge in [-0.1, -0.05) is 0 Å². The molecule has 1 aliphatic carbocycles. The molecule has 4 aromatic heterocycles. The van der Waals surface area contributed by atoms with Crippen molar-refractivity contribution in [1.29, 1.82) is 0 Å². The molecule has 6 nitrogen and oxygen atoms in total. The molecule has 158 valence electrons. The Kier molecular flexibility index (Phi) is 4.82. The number of hydrogen-bond donors (Lipinski definition) is 0. The second-order valence-corrected chi connectivity index (χ2v) is 8.97. The van der Waals surface area contributed by atoms with Crippen LogP contribution in [0.1, 0.15) is 49.7 Å². The molecule has 0 aliphatic heterocycles. The summed E-state index contributed by atoms with van der Waals surface area (Å²) in [6.07, 6.45) is 8.69. The van der Waals surface area contributed by atoms with Gasteiger partial charge in [0.15, 0.2) is 5.65 Å². The Bertz CT molecular complexity index is 1220. The summed E-state index contributed by atoms with van der Waals surface area (Å²) in [7, 11) is 1.74. The van der Waals surface area contributed by atoms with E-state index in [1.807, 2.05) is 42.2 Å². The fourth-order valence-electron chi connectivity index (χ4n) is 3.99. The van der Waals surface area contributed by atoms with Crippen LogP contribution in [0.15, 0.2) is 48.9 Å². The maximum absolute atomic E-state index is 5.56. The lowest BCUT2D eigenvalue weighted by Crippen LogP contribution is -2.25. The van der Waals surface area contributed by atoms with Crippen molar-refractivity contribution in [3.63, 3.8) is 0 Å². The quantitative estimate of drug-likeness (QED) is 0.445. The molecular formula is C25H27N5O. The van der Waals surface area contributed by atoms with E-state index in [1.54, 1.807) is 7.11 Å². The minimum atomic E-state index is -0.241. The van der Waals surface area contributed by atoms with Crippen molar-refractivity contribution in [1.82, 2.24) is 24.6 Å². The third kappa shape index (κ3) is 3.83. The van der Waals surface area contributed by atoms with Gasteiger partial charge in [0.1, 0.15) is 0 Å². The average molecular weight is 414 g/mol. The summed E-state index contributed by atoms with van der Waals surface area (Å²) in [6.45, 7) is 6.18. The van der Waals surface area contributed by atoms with Crippen molar-refractivity contribution >= 4 is 5.65 Å². The van der Waals surface area contributed by atoms with Gasteiger partial charge in [-0.2, -0.15) is 5.10 Å². The average Bonchev–Trinajstić information content (AvgIpc) is 3.55. The van der Waals surface area contributed by atoms with Crippen molar-refractivity contribution in [3.8, 4) is 22.4 Å². The highest BCUT2D eigenvalue weighted by Gasteiger charge is 2.32. The molecule has 1 saturated carbocycles. The van der Waals surface area contributed by atoms with Crippen LogP contribution >= 0.6 is 0 Å². The molecule has 0 saturated heterocycles. The number of nitrogens with zero attached hydrogens (tertiary/aromatic N) is 5. The van der Waals surface area contributed by atoms with E-state index < -0.39 is 0 Å². The zero-order valence-corrected chi connectivity index (χ0v) is 18.5. The fraction of sp³-hybridized carbons (Fsp3) is 0.360. The van der Waals surface area contributed by atoms with Gasteiger partial charge in [0.2, 0.25) is 0 Å². The lowest BCUT2D eigenvalue weighted by Gasteiger charge is -2.22. The Morgan fingerprint density at radius 3 is 2.52 bits per heavy atom. The van der Waals surface area contributed by atoms with Crippen LogP contribution in [0, 0.1) is 6.92 Å². The molecule has 1 fully saturated rings. The number of ether oxygens (including phenoxy) is 1. The molecule has 0 bridgehead atoms. The predicted molar refractivity (Wildman–Crippen MR) is 121 cm³/mol. The molecule has 0 N–H and O–H groups in total. The normalized spacial score (nSPS) is 14.3. The number of methoxy groups -OCH3 is 1. The SMILES string of the molecule is COC(C)(C)Cc1ccc(-c2c(C3CC3)nc3c(-c4ccncc4)cc(C)nn23)cn1. The van der Waals surface area contributed by atoms with E-state index in [0.717, 1.165) is 51.5 Å². The van der Waals surface area contributed by atoms with E-state index in [-0.39, 0.29) is 5.60 Å². The maximum Gasteiger partial charge on any atom is 0.162 e. The number of imidazole rings is 1. The summed E-state index contributed by atoms with van der Waals surface area (Å²) in [5, 5.41) is 4.85. The lowest BCUT2D eigenvalue weighted by molar-refractivity contribution is 0.0224. The molecule has 0 atom stereocenters. The van der Waals surface area contributed by atoms with Gasteiger partial charge in [-0.15, -0.1) is 0 Å². The second kappa shape index (κ2) is 7.54. The topological polar surface area (TPSA) is 65.2 Å². The Morgan fingerprint density at radius 2 is 1.87 bits per heavy atom. The molecule has 0 spiro atoms. The molecule has 0 radical (unpaired) electrons. The highest BCUT2D eigenvalue weighted by atomic mass is 16.5. The maximum atomic E-state index is 5.56. The smallest absolute Gasteiger partial charge is 0.162 e. The number of aryl methyl sites for hydroxylation is 1. The number of aromatic nitrogens is 5. The van der Waals surface area contributed by atoms with Gasteiger partial charge in [-0.05, 0) is 69.5 Å². The Balaban J connectivity index is 1.65. The molecule has 4 aromatic rings. The first-order chi connectivity index (χ1) is 14.9. The summed E-state index contributed by atoms with van der Waals surface area (Å²) in [4.78, 5) is 14.0. The molecule has 31 heavy (non-hydrogen) atoms. The third-order valence-electron chi connectivity index (χ3n) is 5.95. The molecular weight excluding hydrogens is 386 g/mol. The van der Waals surface area contributed by atoms with Gasteiger partial charge in [0.05, 0.1) is 22.7 Å². The molecule has 5 rings (SSSR count). The highest BCUT2D eigenvalue weighted by Crippen LogP contribution is 2.45. The van der Waals surface area contributed by atoms with Crippen LogP contribution in [0.5, 0.6) is 0 Å². The van der Waals surface area contributed by atoms with E-state index in [0.29, 0.717) is 5.92 Å². The van der Waals surface area contributed by atoms with Crippen molar-refractivity contribution in [2.24, 2.45) is 0 Å². The van der Waals surface area contributed by atoms with E-state index in [4.69, 9.17) is 19.8 Å². The number of pyridine rings is 2. The predicted octanol–water partition coefficient (Wildman–Crippen LogP) is 5.01. The number of hydrogen-bond acceptors (Lipinski definition) is 5. The number of rotatable bonds is 6. The van der Waals surface area contributed by atoms with Crippen molar-refractivity contribution in [3.05, 3.63) is 66.0 Å². The molecule has 6 heteroatoms. The zero-order valence-electron chi connectivity index (χ0n) is 18.5. The monoisotopic (exact) mass is 413 g/mol. The molecule has 4 heterocycles. The van der Waals surface area contributed by atoms with E-state index in [9.17, 15) is 0 Å². The van der Waals surface area contributed by atoms with Gasteiger partial charge in [0, 0.05) is 54.9 Å². The first-order valence-electron chi connectivity index (χ1n) is 10.8. The van der Waals surface area contributed by atoms with E-state index in [1.165, 1.54) is 12.8 Å². The van der Waals surface area contributed by atoms with Crippen molar-refractivity contribution in [2.75, 3.05) is 7.11 Å². The van der Waals surface area contributed by atoms with Gasteiger partial charge >= 0.3 is 0 Å². The summed E-state index contributed by atoms with van der Waals surface area (Å²) in [5.74, 6) is 0.495. The van der Waals surface area contributed by atoms with Crippen LogP contribution < -0.4 is 0 Å². The molecule has 0 aromatic carbocycles. The first-order valence-corrected chi connectivity index (χ1v) is 10.8. The fourth-order valence-corrected chi connectivity index (χ4v) is 3.99. The van der Waals surface area contributed by atoms with Crippen LogP contribution in [0.3, 0.4) is 0 Å². The van der Waals surface area contributed by atoms with Crippen LogP contribution in [0.25, 0.3) is 28.0 Å². The van der Waals surface area contributed by atoms with Crippen molar-refractivity contribution < 1.29 is 4.74 Å². The summed E-state index contributed by atoms with van der Waals surface area (Å²) >= 11 is 0. The Morgan fingerprint density at radius 1 is 1.10 bits per heavy atom. The highest BCUT2D eigenvalue weighted by molar-refractivity contribution is 5.81. The zero-order chi connectivity index (χ0) is 21.6. The van der Waals surface area contributed by atoms with E-state index in [2.05, 4.69) is 37.0 Å². The van der Waals surface area contributed by atoms with Crippen LogP contribution in [-0.2, 0) is 11.2 Å². The summed E-state index contributed by atoms with van der Waals surface area (Å²) < 4.78 is 7.57. The third-order valence-corrected chi connectivity index (χ3v) is 5.95. The summed E-state index contributed by atoms with van der Waals surface area (Å²) in [6, 6.07) is 10.4. The van der Waals surface area contributed by atoms with Gasteiger partial charge in [-0.25, -0.2) is 9.50 Å². The van der Waals surface area contributed by atoms with Crippen LogP contribution in [-0.4, -0.2) is 37.3 Å². The van der Waals surface area contributed by atoms with Gasteiger partial charge in [-0.3, -0.25) is 9.97 Å². The first kappa shape index (κ1) is 19.8. The molecule has 1 aliphatic rings. The Hall–Kier alpha value is -3.12. The molecule has 0 amide bonds. The van der Waals surface area contributed by atoms with Gasteiger partial charge < -0.3 is 4.74 Å². The lowest BCUT2D eigenvalue weighted by atomic mass is 10.0. The number of fused-ring (bicyclic) bond motifs is 1. The minimum absolute atomic E-state index is 0.241. The standard InChI is InChI=1S/C25H27N5O/c1-16-13-21(17-9-11-26-12-10-17)24-28-22(18-5-6-18)23(30(24)29-16)19-7-8-20(27-15-19)14-25(2,3)31-4/h7-13,15,18H,5-6,14H2,1-4H3. The van der Waals surface area contributed by atoms with Crippen LogP contribution in [0.4, 0.5) is 0 Å². The largest absolute Gasteiger partial charge is 0.378 e. The molecule has 0 unspecified atom stereocenters. The second-order valence-electron chi connectivity index (χ2n) is 8.97. The minimum Gasteiger partial charge on any atom is -0.378 e. The summed E-state index contributed by atoms with van der Waals surface area (Å²) in [5.41, 5.74) is 8.02. The van der Waals surface area contributed by atoms with Crippen LogP contribution in [0.2, 0.25) is 0 Å². The van der Waals surface area contributed by atoms with Crippen molar-refractivity contribution in [2.45, 2.75) is 51.6 Å². The van der Waals surface area contributed by atoms with E-state index >= 15 is 0 Å².